The van der Waals surface area contributed by atoms with Gasteiger partial charge in [0, 0.05) is 6.20 Å². The zero-order chi connectivity index (χ0) is 8.48. The average molecular weight is 166 g/mol. The molecule has 0 aromatic rings. The summed E-state index contributed by atoms with van der Waals surface area (Å²) in [5, 5.41) is 8.50. The highest BCUT2D eigenvalue weighted by atomic mass is 19.4. The topological polar surface area (TPSA) is 35.5 Å². The van der Waals surface area contributed by atoms with Crippen molar-refractivity contribution in [2.45, 2.75) is 6.18 Å². The van der Waals surface area contributed by atoms with Crippen molar-refractivity contribution in [2.75, 3.05) is 0 Å². The van der Waals surface area contributed by atoms with E-state index >= 15 is 0 Å². The first-order valence-corrected chi connectivity index (χ1v) is 2.71. The van der Waals surface area contributed by atoms with Crippen LogP contribution in [0.2, 0.25) is 0 Å². The number of nitrogens with one attached hydrogen (secondary N) is 1. The molecule has 1 heterocycles. The van der Waals surface area contributed by atoms with Crippen molar-refractivity contribution in [1.29, 1.82) is 0 Å². The van der Waals surface area contributed by atoms with Crippen molar-refractivity contribution >= 4 is 0 Å². The Kier molecular flexibility index (Phi) is 1.77. The van der Waals surface area contributed by atoms with Gasteiger partial charge in [0.25, 0.3) is 0 Å². The molecule has 0 aliphatic carbocycles. The molecule has 0 bridgehead atoms. The first-order chi connectivity index (χ1) is 5.02. The van der Waals surface area contributed by atoms with Gasteiger partial charge in [-0.1, -0.05) is 0 Å². The highest BCUT2D eigenvalue weighted by Gasteiger charge is 2.38. The van der Waals surface area contributed by atoms with Crippen LogP contribution in [0, 0.1) is 0 Å². The monoisotopic (exact) mass is 166 g/mol. The number of hydrazine groups is 1. The minimum absolute atomic E-state index is 0.0833. The third kappa shape index (κ3) is 1.64. The molecule has 0 aromatic heterocycles. The second-order valence-electron chi connectivity index (χ2n) is 1.85. The van der Waals surface area contributed by atoms with Gasteiger partial charge in [0.2, 0.25) is 0 Å². The van der Waals surface area contributed by atoms with Gasteiger partial charge >= 0.3 is 6.18 Å². The SMILES string of the molecule is ON1NC=CC=C1C(F)(F)F. The Morgan fingerprint density at radius 2 is 2.09 bits per heavy atom. The summed E-state index contributed by atoms with van der Waals surface area (Å²) in [6.45, 7) is 0. The van der Waals surface area contributed by atoms with E-state index in [4.69, 9.17) is 5.21 Å². The Balaban J connectivity index is 2.84. The highest BCUT2D eigenvalue weighted by molar-refractivity contribution is 5.17. The van der Waals surface area contributed by atoms with Crippen molar-refractivity contribution in [1.82, 2.24) is 10.6 Å². The molecule has 0 radical (unpaired) electrons. The number of hydrogen-bond donors (Lipinski definition) is 2. The highest BCUT2D eigenvalue weighted by Crippen LogP contribution is 2.27. The standard InChI is InChI=1S/C5H5F3N2O/c6-5(7,8)4-2-1-3-9-10(4)11/h1-3,9,11H. The summed E-state index contributed by atoms with van der Waals surface area (Å²) >= 11 is 0. The third-order valence-corrected chi connectivity index (χ3v) is 1.07. The minimum atomic E-state index is -4.54. The van der Waals surface area contributed by atoms with E-state index in [0.29, 0.717) is 0 Å². The summed E-state index contributed by atoms with van der Waals surface area (Å²) in [6.07, 6.45) is -1.45. The van der Waals surface area contributed by atoms with Crippen LogP contribution in [0.3, 0.4) is 0 Å². The fourth-order valence-electron chi connectivity index (χ4n) is 0.608. The van der Waals surface area contributed by atoms with Gasteiger partial charge in [0.05, 0.1) is 0 Å². The summed E-state index contributed by atoms with van der Waals surface area (Å²) in [5.74, 6) is 0. The zero-order valence-corrected chi connectivity index (χ0v) is 5.26. The van der Waals surface area contributed by atoms with Crippen LogP contribution < -0.4 is 5.43 Å². The van der Waals surface area contributed by atoms with Gasteiger partial charge in [0.15, 0.2) is 5.70 Å². The van der Waals surface area contributed by atoms with Crippen LogP contribution in [0.5, 0.6) is 0 Å². The normalized spacial score (nSPS) is 17.8. The van der Waals surface area contributed by atoms with Gasteiger partial charge in [-0.2, -0.15) is 18.3 Å². The molecule has 2 N–H and O–H groups in total. The molecule has 1 aliphatic heterocycles. The zero-order valence-electron chi connectivity index (χ0n) is 5.26. The molecule has 1 aliphatic rings. The number of allylic oxidation sites excluding steroid dienone is 3. The Labute approximate surface area is 60.3 Å². The molecule has 0 unspecified atom stereocenters. The molecule has 6 heteroatoms. The van der Waals surface area contributed by atoms with Crippen LogP contribution in [0.1, 0.15) is 0 Å². The molecule has 0 atom stereocenters. The number of halogens is 3. The van der Waals surface area contributed by atoms with E-state index < -0.39 is 11.9 Å². The average Bonchev–Trinajstić information content (AvgIpc) is 1.86. The molecular weight excluding hydrogens is 161 g/mol. The van der Waals surface area contributed by atoms with Gasteiger partial charge in [0.1, 0.15) is 0 Å². The first-order valence-electron chi connectivity index (χ1n) is 2.71. The van der Waals surface area contributed by atoms with Crippen molar-refractivity contribution in [3.05, 3.63) is 24.0 Å². The summed E-state index contributed by atoms with van der Waals surface area (Å²) in [5.41, 5.74) is 0.820. The third-order valence-electron chi connectivity index (χ3n) is 1.07. The predicted molar refractivity (Wildman–Crippen MR) is 30.0 cm³/mol. The molecule has 0 spiro atoms. The van der Waals surface area contributed by atoms with Gasteiger partial charge < -0.3 is 0 Å². The molecule has 0 amide bonds. The van der Waals surface area contributed by atoms with E-state index in [-0.39, 0.29) is 5.17 Å². The van der Waals surface area contributed by atoms with Crippen molar-refractivity contribution in [2.24, 2.45) is 0 Å². The molecule has 0 saturated heterocycles. The van der Waals surface area contributed by atoms with E-state index in [0.717, 1.165) is 12.2 Å². The van der Waals surface area contributed by atoms with Crippen molar-refractivity contribution < 1.29 is 18.4 Å². The van der Waals surface area contributed by atoms with E-state index in [9.17, 15) is 13.2 Å². The van der Waals surface area contributed by atoms with E-state index in [1.54, 1.807) is 0 Å². The molecule has 3 nitrogen and oxygen atoms in total. The van der Waals surface area contributed by atoms with Crippen LogP contribution in [0.25, 0.3) is 0 Å². The maximum atomic E-state index is 11.8. The van der Waals surface area contributed by atoms with Crippen LogP contribution in [-0.4, -0.2) is 16.6 Å². The lowest BCUT2D eigenvalue weighted by Crippen LogP contribution is -2.38. The summed E-state index contributed by atoms with van der Waals surface area (Å²) in [6, 6.07) is 0. The fraction of sp³-hybridized carbons (Fsp3) is 0.200. The number of alkyl halides is 3. The van der Waals surface area contributed by atoms with Crippen LogP contribution in [-0.2, 0) is 0 Å². The Morgan fingerprint density at radius 3 is 2.45 bits per heavy atom. The maximum absolute atomic E-state index is 11.8. The van der Waals surface area contributed by atoms with Crippen molar-refractivity contribution in [3.8, 4) is 0 Å². The van der Waals surface area contributed by atoms with E-state index in [1.165, 1.54) is 6.20 Å². The molecule has 62 valence electrons. The lowest BCUT2D eigenvalue weighted by atomic mass is 10.3. The van der Waals surface area contributed by atoms with E-state index in [1.807, 2.05) is 5.43 Å². The predicted octanol–water partition coefficient (Wildman–Crippen LogP) is 1.16. The smallest absolute Gasteiger partial charge is 0.282 e. The number of rotatable bonds is 0. The molecular formula is C5H5F3N2O. The lowest BCUT2D eigenvalue weighted by Gasteiger charge is -2.23. The van der Waals surface area contributed by atoms with Crippen molar-refractivity contribution in [3.63, 3.8) is 0 Å². The fourth-order valence-corrected chi connectivity index (χ4v) is 0.608. The van der Waals surface area contributed by atoms with Crippen LogP contribution in [0.15, 0.2) is 24.0 Å². The second kappa shape index (κ2) is 2.46. The summed E-state index contributed by atoms with van der Waals surface area (Å²) < 4.78 is 35.5. The van der Waals surface area contributed by atoms with Gasteiger partial charge in [-0.3, -0.25) is 10.6 Å². The summed E-state index contributed by atoms with van der Waals surface area (Å²) in [7, 11) is 0. The molecule has 11 heavy (non-hydrogen) atoms. The molecule has 0 aromatic carbocycles. The second-order valence-corrected chi connectivity index (χ2v) is 1.85. The number of nitrogens with zero attached hydrogens (tertiary/aromatic N) is 1. The number of hydroxylamine groups is 1. The quantitative estimate of drug-likeness (QED) is 0.566. The van der Waals surface area contributed by atoms with E-state index in [2.05, 4.69) is 0 Å². The summed E-state index contributed by atoms with van der Waals surface area (Å²) in [4.78, 5) is 0. The van der Waals surface area contributed by atoms with Crippen LogP contribution >= 0.6 is 0 Å². The molecule has 0 fully saturated rings. The van der Waals surface area contributed by atoms with Gasteiger partial charge in [-0.25, -0.2) is 0 Å². The Bertz CT molecular complexity index is 208. The van der Waals surface area contributed by atoms with Gasteiger partial charge in [-0.05, 0) is 12.2 Å². The van der Waals surface area contributed by atoms with Gasteiger partial charge in [-0.15, -0.1) is 0 Å². The minimum Gasteiger partial charge on any atom is -0.282 e. The Hall–Kier alpha value is -1.17. The largest absolute Gasteiger partial charge is 0.435 e. The lowest BCUT2D eigenvalue weighted by molar-refractivity contribution is -0.181. The maximum Gasteiger partial charge on any atom is 0.435 e. The molecule has 0 saturated carbocycles. The number of hydrogen-bond acceptors (Lipinski definition) is 3. The van der Waals surface area contributed by atoms with Crippen LogP contribution in [0.4, 0.5) is 13.2 Å². The first kappa shape index (κ1) is 7.93. The Morgan fingerprint density at radius 1 is 1.45 bits per heavy atom. The molecule has 1 rings (SSSR count).